The van der Waals surface area contributed by atoms with Crippen LogP contribution in [0.1, 0.15) is 11.9 Å². The normalized spacial score (nSPS) is 15.9. The summed E-state index contributed by atoms with van der Waals surface area (Å²) in [5.74, 6) is 0. The quantitative estimate of drug-likeness (QED) is 0.442. The van der Waals surface area contributed by atoms with Crippen molar-refractivity contribution < 1.29 is 0 Å². The first-order valence-electron chi connectivity index (χ1n) is 8.97. The number of thioether (sulfide) groups is 1. The molecule has 27 heavy (non-hydrogen) atoms. The number of allylic oxidation sites excluding steroid dienone is 6. The molecule has 0 amide bonds. The lowest BCUT2D eigenvalue weighted by Crippen LogP contribution is -2.16. The second-order valence-corrected chi connectivity index (χ2v) is 8.09. The van der Waals surface area contributed by atoms with Crippen molar-refractivity contribution in [3.05, 3.63) is 95.0 Å². The number of para-hydroxylation sites is 2. The molecule has 1 aliphatic rings. The van der Waals surface area contributed by atoms with Crippen LogP contribution in [0.25, 0.3) is 16.3 Å². The number of nitrogens with zero attached hydrogens (tertiary/aromatic N) is 2. The zero-order valence-electron chi connectivity index (χ0n) is 15.1. The van der Waals surface area contributed by atoms with E-state index < -0.39 is 0 Å². The van der Waals surface area contributed by atoms with Crippen molar-refractivity contribution >= 4 is 45.1 Å². The van der Waals surface area contributed by atoms with Gasteiger partial charge in [0.1, 0.15) is 5.01 Å². The number of benzene rings is 2. The zero-order chi connectivity index (χ0) is 18.5. The monoisotopic (exact) mass is 388 g/mol. The molecule has 2 nitrogen and oxygen atoms in total. The van der Waals surface area contributed by atoms with Gasteiger partial charge in [-0.25, -0.2) is 4.98 Å². The van der Waals surface area contributed by atoms with Gasteiger partial charge in [0, 0.05) is 11.4 Å². The lowest BCUT2D eigenvalue weighted by Gasteiger charge is -2.17. The first kappa shape index (κ1) is 17.8. The predicted octanol–water partition coefficient (Wildman–Crippen LogP) is 6.90. The summed E-state index contributed by atoms with van der Waals surface area (Å²) in [6, 6.07) is 16.8. The van der Waals surface area contributed by atoms with Crippen molar-refractivity contribution in [2.24, 2.45) is 0 Å². The second-order valence-electron chi connectivity index (χ2n) is 5.97. The molecule has 1 aromatic heterocycles. The number of aromatic nitrogens is 1. The van der Waals surface area contributed by atoms with Gasteiger partial charge in [-0.2, -0.15) is 0 Å². The van der Waals surface area contributed by atoms with Crippen LogP contribution in [0, 0.1) is 0 Å². The van der Waals surface area contributed by atoms with Crippen molar-refractivity contribution in [2.75, 3.05) is 11.4 Å². The minimum Gasteiger partial charge on any atom is -0.335 e. The molecule has 4 rings (SSSR count). The molecule has 2 aromatic carbocycles. The Bertz CT molecular complexity index is 1020. The Balaban J connectivity index is 1.37. The molecule has 2 heterocycles. The van der Waals surface area contributed by atoms with Crippen molar-refractivity contribution in [2.45, 2.75) is 11.8 Å². The third-order valence-electron chi connectivity index (χ3n) is 4.19. The van der Waals surface area contributed by atoms with E-state index in [-0.39, 0.29) is 0 Å². The summed E-state index contributed by atoms with van der Waals surface area (Å²) < 4.78 is 1.23. The molecule has 0 spiro atoms. The molecule has 0 fully saturated rings. The number of hydrogen-bond donors (Lipinski definition) is 0. The molecule has 0 N–H and O–H groups in total. The lowest BCUT2D eigenvalue weighted by molar-refractivity contribution is 1.00. The average molecular weight is 389 g/mol. The SMILES string of the molecule is CCN1C(=CC=CC=CC=Cc2nc3ccccc3s2)Sc2ccccc21. The maximum Gasteiger partial charge on any atom is 0.117 e. The summed E-state index contributed by atoms with van der Waals surface area (Å²) >= 11 is 3.54. The van der Waals surface area contributed by atoms with Gasteiger partial charge in [-0.3, -0.25) is 0 Å². The fraction of sp³-hybridized carbons (Fsp3) is 0.0870. The Kier molecular flexibility index (Phi) is 5.56. The Morgan fingerprint density at radius 3 is 2.59 bits per heavy atom. The highest BCUT2D eigenvalue weighted by atomic mass is 32.2. The van der Waals surface area contributed by atoms with Gasteiger partial charge in [0.25, 0.3) is 0 Å². The summed E-state index contributed by atoms with van der Waals surface area (Å²) in [5.41, 5.74) is 2.37. The van der Waals surface area contributed by atoms with E-state index in [1.807, 2.05) is 48.2 Å². The van der Waals surface area contributed by atoms with E-state index in [4.69, 9.17) is 0 Å². The molecule has 1 aliphatic heterocycles. The first-order valence-corrected chi connectivity index (χ1v) is 10.6. The fourth-order valence-corrected chi connectivity index (χ4v) is 4.95. The molecule has 134 valence electrons. The minimum absolute atomic E-state index is 0.977. The summed E-state index contributed by atoms with van der Waals surface area (Å²) in [4.78, 5) is 8.27. The highest BCUT2D eigenvalue weighted by Crippen LogP contribution is 2.45. The fourth-order valence-electron chi connectivity index (χ4n) is 2.93. The Morgan fingerprint density at radius 2 is 1.70 bits per heavy atom. The number of hydrogen-bond acceptors (Lipinski definition) is 4. The van der Waals surface area contributed by atoms with E-state index in [9.17, 15) is 0 Å². The smallest absolute Gasteiger partial charge is 0.117 e. The maximum atomic E-state index is 4.60. The van der Waals surface area contributed by atoms with Gasteiger partial charge < -0.3 is 4.90 Å². The van der Waals surface area contributed by atoms with E-state index in [1.165, 1.54) is 20.3 Å². The van der Waals surface area contributed by atoms with E-state index in [2.05, 4.69) is 71.4 Å². The largest absolute Gasteiger partial charge is 0.335 e. The van der Waals surface area contributed by atoms with E-state index in [0.29, 0.717) is 0 Å². The topological polar surface area (TPSA) is 16.1 Å². The Labute approximate surface area is 168 Å². The highest BCUT2D eigenvalue weighted by Gasteiger charge is 2.22. The molecular formula is C23H20N2S2. The summed E-state index contributed by atoms with van der Waals surface area (Å²) in [7, 11) is 0. The van der Waals surface area contributed by atoms with Gasteiger partial charge in [0.05, 0.1) is 20.9 Å². The number of anilines is 1. The molecule has 0 aliphatic carbocycles. The van der Waals surface area contributed by atoms with Gasteiger partial charge >= 0.3 is 0 Å². The summed E-state index contributed by atoms with van der Waals surface area (Å²) in [6.07, 6.45) is 14.5. The van der Waals surface area contributed by atoms with Gasteiger partial charge in [-0.15, -0.1) is 11.3 Å². The standard InChI is InChI=1S/C23H20N2S2/c1-2-25-19-13-9-11-15-21(19)27-23(25)17-7-5-3-4-6-16-22-24-18-12-8-10-14-20(18)26-22/h3-17H,2H2,1H3. The molecule has 0 atom stereocenters. The van der Waals surface area contributed by atoms with Crippen LogP contribution >= 0.6 is 23.1 Å². The van der Waals surface area contributed by atoms with E-state index in [0.717, 1.165) is 17.1 Å². The van der Waals surface area contributed by atoms with Crippen molar-refractivity contribution in [1.29, 1.82) is 0 Å². The van der Waals surface area contributed by atoms with E-state index >= 15 is 0 Å². The predicted molar refractivity (Wildman–Crippen MR) is 120 cm³/mol. The molecule has 0 saturated heterocycles. The van der Waals surface area contributed by atoms with Crippen molar-refractivity contribution in [3.63, 3.8) is 0 Å². The number of thiazole rings is 1. The molecule has 0 saturated carbocycles. The van der Waals surface area contributed by atoms with Gasteiger partial charge in [-0.1, -0.05) is 66.4 Å². The van der Waals surface area contributed by atoms with Crippen LogP contribution in [-0.2, 0) is 0 Å². The van der Waals surface area contributed by atoms with Crippen molar-refractivity contribution in [1.82, 2.24) is 4.98 Å². The molecule has 3 aromatic rings. The van der Waals surface area contributed by atoms with Crippen molar-refractivity contribution in [3.8, 4) is 0 Å². The maximum absolute atomic E-state index is 4.60. The van der Waals surface area contributed by atoms with Gasteiger partial charge in [-0.05, 0) is 43.3 Å². The third kappa shape index (κ3) is 4.07. The minimum atomic E-state index is 0.977. The number of fused-ring (bicyclic) bond motifs is 2. The van der Waals surface area contributed by atoms with Crippen LogP contribution in [0.15, 0.2) is 94.9 Å². The number of rotatable bonds is 5. The Hall–Kier alpha value is -2.56. The third-order valence-corrected chi connectivity index (χ3v) is 6.32. The Morgan fingerprint density at radius 1 is 0.926 bits per heavy atom. The molecular weight excluding hydrogens is 368 g/mol. The van der Waals surface area contributed by atoms with E-state index in [1.54, 1.807) is 11.3 Å². The second kappa shape index (κ2) is 8.42. The summed E-state index contributed by atoms with van der Waals surface area (Å²) in [5, 5.41) is 2.30. The first-order chi connectivity index (χ1) is 13.3. The highest BCUT2D eigenvalue weighted by molar-refractivity contribution is 8.03. The van der Waals surface area contributed by atoms with Crippen LogP contribution < -0.4 is 4.90 Å². The summed E-state index contributed by atoms with van der Waals surface area (Å²) in [6.45, 7) is 3.16. The van der Waals surface area contributed by atoms with Crippen LogP contribution in [0.5, 0.6) is 0 Å². The van der Waals surface area contributed by atoms with Crippen LogP contribution in [-0.4, -0.2) is 11.5 Å². The van der Waals surface area contributed by atoms with Crippen LogP contribution in [0.2, 0.25) is 0 Å². The molecule has 4 heteroatoms. The van der Waals surface area contributed by atoms with Crippen LogP contribution in [0.3, 0.4) is 0 Å². The lowest BCUT2D eigenvalue weighted by atomic mass is 10.3. The average Bonchev–Trinajstić information content (AvgIpc) is 3.27. The molecule has 0 radical (unpaired) electrons. The molecule has 0 bridgehead atoms. The van der Waals surface area contributed by atoms with Crippen LogP contribution in [0.4, 0.5) is 5.69 Å². The van der Waals surface area contributed by atoms with Gasteiger partial charge in [0.2, 0.25) is 0 Å². The molecule has 0 unspecified atom stereocenters. The zero-order valence-corrected chi connectivity index (χ0v) is 16.7. The van der Waals surface area contributed by atoms with Gasteiger partial charge in [0.15, 0.2) is 0 Å².